The summed E-state index contributed by atoms with van der Waals surface area (Å²) in [5.41, 5.74) is 0.799. The molecule has 8 heteroatoms. The molecule has 1 aliphatic rings. The third-order valence-corrected chi connectivity index (χ3v) is 5.41. The molecule has 0 aliphatic carbocycles. The molecule has 1 aromatic heterocycles. The Hall–Kier alpha value is -2.35. The van der Waals surface area contributed by atoms with Crippen LogP contribution in [0.5, 0.6) is 0 Å². The number of esters is 1. The minimum atomic E-state index is -0.875. The van der Waals surface area contributed by atoms with Crippen LogP contribution in [0.15, 0.2) is 35.6 Å². The number of rotatable bonds is 5. The topological polar surface area (TPSA) is 64.4 Å². The van der Waals surface area contributed by atoms with Crippen LogP contribution in [0.3, 0.4) is 0 Å². The van der Waals surface area contributed by atoms with E-state index in [2.05, 4.69) is 4.98 Å². The van der Waals surface area contributed by atoms with Gasteiger partial charge < -0.3 is 9.64 Å². The Kier molecular flexibility index (Phi) is 6.72. The van der Waals surface area contributed by atoms with Gasteiger partial charge in [-0.05, 0) is 50.3 Å². The molecule has 0 radical (unpaired) electrons. The molecule has 0 spiro atoms. The fourth-order valence-electron chi connectivity index (χ4n) is 3.28. The Bertz CT molecular complexity index is 830. The van der Waals surface area contributed by atoms with E-state index >= 15 is 0 Å². The van der Waals surface area contributed by atoms with E-state index in [1.54, 1.807) is 28.5 Å². The highest BCUT2D eigenvalue weighted by Crippen LogP contribution is 2.23. The van der Waals surface area contributed by atoms with Gasteiger partial charge in [-0.15, -0.1) is 0 Å². The van der Waals surface area contributed by atoms with Gasteiger partial charge in [0.15, 0.2) is 17.0 Å². The van der Waals surface area contributed by atoms with Gasteiger partial charge in [0.05, 0.1) is 6.20 Å². The lowest BCUT2D eigenvalue weighted by Gasteiger charge is -2.24. The van der Waals surface area contributed by atoms with E-state index in [9.17, 15) is 14.0 Å². The maximum absolute atomic E-state index is 13.3. The van der Waals surface area contributed by atoms with Crippen molar-refractivity contribution in [3.8, 4) is 5.69 Å². The predicted octanol–water partition coefficient (Wildman–Crippen LogP) is 3.68. The minimum absolute atomic E-state index is 0.173. The summed E-state index contributed by atoms with van der Waals surface area (Å²) in [6, 6.07) is 5.78. The fraction of sp³-hybridized carbons (Fsp3) is 0.450. The highest BCUT2D eigenvalue weighted by atomic mass is 32.2. The molecule has 1 saturated heterocycles. The highest BCUT2D eigenvalue weighted by molar-refractivity contribution is 7.98. The number of thioether (sulfide) groups is 1. The van der Waals surface area contributed by atoms with Gasteiger partial charge in [-0.1, -0.05) is 24.6 Å². The number of carbonyl (C=O) groups excluding carboxylic acids is 2. The van der Waals surface area contributed by atoms with Crippen LogP contribution in [0.4, 0.5) is 4.39 Å². The Morgan fingerprint density at radius 3 is 2.39 bits per heavy atom. The second-order valence-electron chi connectivity index (χ2n) is 6.73. The summed E-state index contributed by atoms with van der Waals surface area (Å²) in [5.74, 6) is -1.17. The Morgan fingerprint density at radius 1 is 1.14 bits per heavy atom. The SMILES string of the molecule is CSc1ncc(C(=O)O[C@@H](C)C(=O)N2CCCCCC2)n1-c1ccc(F)cc1. The Labute approximate surface area is 168 Å². The van der Waals surface area contributed by atoms with Crippen LogP contribution < -0.4 is 0 Å². The van der Waals surface area contributed by atoms with Gasteiger partial charge in [0, 0.05) is 18.8 Å². The first-order chi connectivity index (χ1) is 13.5. The number of amides is 1. The van der Waals surface area contributed by atoms with Crippen LogP contribution in [0.2, 0.25) is 0 Å². The molecule has 0 bridgehead atoms. The zero-order valence-corrected chi connectivity index (χ0v) is 16.9. The lowest BCUT2D eigenvalue weighted by atomic mass is 10.2. The van der Waals surface area contributed by atoms with Crippen molar-refractivity contribution in [1.29, 1.82) is 0 Å². The van der Waals surface area contributed by atoms with Crippen molar-refractivity contribution in [2.24, 2.45) is 0 Å². The molecule has 1 amide bonds. The molecule has 1 aliphatic heterocycles. The van der Waals surface area contributed by atoms with Crippen molar-refractivity contribution in [2.75, 3.05) is 19.3 Å². The van der Waals surface area contributed by atoms with Crippen molar-refractivity contribution >= 4 is 23.6 Å². The molecule has 150 valence electrons. The number of halogens is 1. The van der Waals surface area contributed by atoms with Crippen molar-refractivity contribution in [1.82, 2.24) is 14.5 Å². The smallest absolute Gasteiger partial charge is 0.357 e. The van der Waals surface area contributed by atoms with Crippen molar-refractivity contribution < 1.29 is 18.7 Å². The summed E-state index contributed by atoms with van der Waals surface area (Å²) in [4.78, 5) is 31.4. The molecular formula is C20H24FN3O3S. The van der Waals surface area contributed by atoms with Gasteiger partial charge in [-0.3, -0.25) is 9.36 Å². The van der Waals surface area contributed by atoms with Crippen molar-refractivity contribution in [3.63, 3.8) is 0 Å². The lowest BCUT2D eigenvalue weighted by Crippen LogP contribution is -2.40. The van der Waals surface area contributed by atoms with Gasteiger partial charge in [0.25, 0.3) is 5.91 Å². The molecule has 6 nitrogen and oxygen atoms in total. The number of benzene rings is 1. The molecule has 2 aromatic rings. The Balaban J connectivity index is 1.78. The number of likely N-dealkylation sites (tertiary alicyclic amines) is 1. The number of imidazole rings is 1. The van der Waals surface area contributed by atoms with Gasteiger partial charge in [-0.2, -0.15) is 0 Å². The van der Waals surface area contributed by atoms with Crippen LogP contribution >= 0.6 is 11.8 Å². The second kappa shape index (κ2) is 9.23. The first-order valence-electron chi connectivity index (χ1n) is 9.38. The molecule has 1 aromatic carbocycles. The van der Waals surface area contributed by atoms with Crippen molar-refractivity contribution in [2.45, 2.75) is 43.9 Å². The normalized spacial score (nSPS) is 15.8. The van der Waals surface area contributed by atoms with E-state index in [1.807, 2.05) is 6.26 Å². The minimum Gasteiger partial charge on any atom is -0.448 e. The number of hydrogen-bond donors (Lipinski definition) is 0. The van der Waals surface area contributed by atoms with Crippen molar-refractivity contribution in [3.05, 3.63) is 42.0 Å². The molecule has 1 fully saturated rings. The monoisotopic (exact) mass is 405 g/mol. The van der Waals surface area contributed by atoms with E-state index in [4.69, 9.17) is 4.74 Å². The molecule has 0 N–H and O–H groups in total. The summed E-state index contributed by atoms with van der Waals surface area (Å²) in [5, 5.41) is 0.574. The van der Waals surface area contributed by atoms with E-state index < -0.39 is 12.1 Å². The third-order valence-electron chi connectivity index (χ3n) is 4.76. The zero-order chi connectivity index (χ0) is 20.1. The lowest BCUT2D eigenvalue weighted by molar-refractivity contribution is -0.139. The summed E-state index contributed by atoms with van der Waals surface area (Å²) in [6.07, 6.45) is 6.56. The molecule has 0 unspecified atom stereocenters. The molecule has 2 heterocycles. The summed E-state index contributed by atoms with van der Waals surface area (Å²) in [6.45, 7) is 2.99. The molecular weight excluding hydrogens is 381 g/mol. The summed E-state index contributed by atoms with van der Waals surface area (Å²) < 4.78 is 20.3. The van der Waals surface area contributed by atoms with Gasteiger partial charge in [-0.25, -0.2) is 14.2 Å². The van der Waals surface area contributed by atoms with Crippen LogP contribution in [0, 0.1) is 5.82 Å². The number of ether oxygens (including phenoxy) is 1. The van der Waals surface area contributed by atoms with E-state index in [0.29, 0.717) is 23.9 Å². The number of hydrogen-bond acceptors (Lipinski definition) is 5. The molecule has 1 atom stereocenters. The average molecular weight is 405 g/mol. The molecule has 28 heavy (non-hydrogen) atoms. The zero-order valence-electron chi connectivity index (χ0n) is 16.1. The molecule has 0 saturated carbocycles. The van der Waals surface area contributed by atoms with Crippen LogP contribution in [0.25, 0.3) is 5.69 Å². The van der Waals surface area contributed by atoms with E-state index in [0.717, 1.165) is 25.7 Å². The Morgan fingerprint density at radius 2 is 1.79 bits per heavy atom. The van der Waals surface area contributed by atoms with Gasteiger partial charge in [0.1, 0.15) is 5.82 Å². The van der Waals surface area contributed by atoms with E-state index in [-0.39, 0.29) is 17.4 Å². The predicted molar refractivity (Wildman–Crippen MR) is 105 cm³/mol. The average Bonchev–Trinajstić information content (AvgIpc) is 2.94. The standard InChI is InChI=1S/C20H24FN3O3S/c1-14(18(25)23-11-5-3-4-6-12-23)27-19(26)17-13-22-20(28-2)24(17)16-9-7-15(21)8-10-16/h7-10,13-14H,3-6,11-12H2,1-2H3/t14-/m0/s1. The summed E-state index contributed by atoms with van der Waals surface area (Å²) in [7, 11) is 0. The molecule has 3 rings (SSSR count). The largest absolute Gasteiger partial charge is 0.448 e. The van der Waals surface area contributed by atoms with Crippen LogP contribution in [-0.4, -0.2) is 51.8 Å². The fourth-order valence-corrected chi connectivity index (χ4v) is 3.83. The maximum atomic E-state index is 13.3. The number of aromatic nitrogens is 2. The maximum Gasteiger partial charge on any atom is 0.357 e. The van der Waals surface area contributed by atoms with Gasteiger partial charge in [0.2, 0.25) is 0 Å². The van der Waals surface area contributed by atoms with Crippen LogP contribution in [0.1, 0.15) is 43.1 Å². The number of carbonyl (C=O) groups is 2. The second-order valence-corrected chi connectivity index (χ2v) is 7.50. The van der Waals surface area contributed by atoms with Crippen LogP contribution in [-0.2, 0) is 9.53 Å². The first kappa shape index (κ1) is 20.4. The summed E-state index contributed by atoms with van der Waals surface area (Å²) >= 11 is 1.36. The first-order valence-corrected chi connectivity index (χ1v) is 10.6. The highest BCUT2D eigenvalue weighted by Gasteiger charge is 2.27. The third kappa shape index (κ3) is 4.55. The quantitative estimate of drug-likeness (QED) is 0.561. The van der Waals surface area contributed by atoms with E-state index in [1.165, 1.54) is 30.1 Å². The van der Waals surface area contributed by atoms with Gasteiger partial charge >= 0.3 is 5.97 Å². The number of nitrogens with zero attached hydrogens (tertiary/aromatic N) is 3.